The summed E-state index contributed by atoms with van der Waals surface area (Å²) in [5.74, 6) is 2.24. The molecule has 160 valence electrons. The minimum absolute atomic E-state index is 0.193. The van der Waals surface area contributed by atoms with E-state index in [2.05, 4.69) is 10.3 Å². The molecule has 0 bridgehead atoms. The first-order valence-corrected chi connectivity index (χ1v) is 10.6. The molecule has 0 unspecified atom stereocenters. The van der Waals surface area contributed by atoms with Gasteiger partial charge in [-0.1, -0.05) is 6.42 Å². The molecule has 2 heterocycles. The summed E-state index contributed by atoms with van der Waals surface area (Å²) in [6, 6.07) is 12.6. The zero-order valence-electron chi connectivity index (χ0n) is 17.5. The summed E-state index contributed by atoms with van der Waals surface area (Å²) in [6.45, 7) is 0.369. The molecule has 0 radical (unpaired) electrons. The summed E-state index contributed by atoms with van der Waals surface area (Å²) >= 11 is 0. The van der Waals surface area contributed by atoms with Gasteiger partial charge in [0.25, 0.3) is 11.7 Å². The van der Waals surface area contributed by atoms with E-state index in [4.69, 9.17) is 14.2 Å². The number of carbonyl (C=O) groups excluding carboxylic acids is 1. The lowest BCUT2D eigenvalue weighted by molar-refractivity contribution is -0.105. The maximum Gasteiger partial charge on any atom is 0.255 e. The van der Waals surface area contributed by atoms with E-state index in [-0.39, 0.29) is 5.91 Å². The van der Waals surface area contributed by atoms with Crippen LogP contribution in [0, 0.1) is 0 Å². The highest BCUT2D eigenvalue weighted by Crippen LogP contribution is 2.46. The van der Waals surface area contributed by atoms with Gasteiger partial charge in [-0.05, 0) is 49.2 Å². The number of anilines is 1. The monoisotopic (exact) mass is 419 g/mol. The van der Waals surface area contributed by atoms with Crippen LogP contribution in [0.4, 0.5) is 5.69 Å². The molecular weight excluding hydrogens is 394 g/mol. The smallest absolute Gasteiger partial charge is 0.255 e. The molecule has 7 heteroatoms. The zero-order chi connectivity index (χ0) is 21.3. The van der Waals surface area contributed by atoms with Crippen molar-refractivity contribution in [2.75, 3.05) is 5.32 Å². The summed E-state index contributed by atoms with van der Waals surface area (Å²) in [6.07, 6.45) is 8.85. The third kappa shape index (κ3) is 4.08. The highest BCUT2D eigenvalue weighted by molar-refractivity contribution is 6.04. The second-order valence-electron chi connectivity index (χ2n) is 8.06. The van der Waals surface area contributed by atoms with E-state index in [1.807, 2.05) is 36.0 Å². The molecule has 2 aromatic carbocycles. The molecule has 5 rings (SSSR count). The van der Waals surface area contributed by atoms with Gasteiger partial charge in [-0.15, -0.1) is 0 Å². The second-order valence-corrected chi connectivity index (χ2v) is 8.06. The average molecular weight is 419 g/mol. The van der Waals surface area contributed by atoms with Gasteiger partial charge in [0.15, 0.2) is 11.5 Å². The third-order valence-corrected chi connectivity index (χ3v) is 5.81. The van der Waals surface area contributed by atoms with Crippen LogP contribution >= 0.6 is 0 Å². The van der Waals surface area contributed by atoms with E-state index in [9.17, 15) is 4.79 Å². The van der Waals surface area contributed by atoms with Crippen molar-refractivity contribution in [2.45, 2.75) is 44.5 Å². The van der Waals surface area contributed by atoms with Crippen LogP contribution in [0.1, 0.15) is 48.3 Å². The van der Waals surface area contributed by atoms with Crippen LogP contribution in [0.25, 0.3) is 0 Å². The Hall–Kier alpha value is -3.48. The topological polar surface area (TPSA) is 74.6 Å². The van der Waals surface area contributed by atoms with Crippen LogP contribution in [-0.2, 0) is 13.7 Å². The van der Waals surface area contributed by atoms with Crippen LogP contribution in [0.3, 0.4) is 0 Å². The van der Waals surface area contributed by atoms with Crippen molar-refractivity contribution >= 4 is 11.6 Å². The number of hydrogen-bond acceptors (Lipinski definition) is 5. The minimum Gasteiger partial charge on any atom is -0.486 e. The van der Waals surface area contributed by atoms with Gasteiger partial charge in [-0.2, -0.15) is 0 Å². The maximum absolute atomic E-state index is 12.7. The first-order valence-electron chi connectivity index (χ1n) is 10.6. The van der Waals surface area contributed by atoms with Gasteiger partial charge < -0.3 is 24.1 Å². The van der Waals surface area contributed by atoms with E-state index < -0.39 is 5.79 Å². The number of ether oxygens (including phenoxy) is 3. The molecule has 1 amide bonds. The van der Waals surface area contributed by atoms with Gasteiger partial charge >= 0.3 is 0 Å². The second kappa shape index (κ2) is 7.98. The molecule has 3 aromatic rings. The molecule has 1 fully saturated rings. The van der Waals surface area contributed by atoms with Gasteiger partial charge in [0, 0.05) is 49.6 Å². The largest absolute Gasteiger partial charge is 0.486 e. The summed E-state index contributed by atoms with van der Waals surface area (Å²) in [4.78, 5) is 16.9. The molecule has 2 aliphatic rings. The lowest BCUT2D eigenvalue weighted by Crippen LogP contribution is -2.40. The quantitative estimate of drug-likeness (QED) is 0.650. The molecule has 1 aliphatic carbocycles. The standard InChI is InChI=1S/C24H25N3O4/c1-27-14-13-25-22(27)16-29-19-8-5-17(6-9-19)23(28)26-18-7-10-20-21(15-18)31-24(30-20)11-3-2-4-12-24/h5-10,13-15H,2-4,11-12,16H2,1H3,(H,26,28). The van der Waals surface area contributed by atoms with Gasteiger partial charge in [0.2, 0.25) is 0 Å². The highest BCUT2D eigenvalue weighted by Gasteiger charge is 2.42. The molecule has 1 spiro atoms. The van der Waals surface area contributed by atoms with Crippen molar-refractivity contribution in [3.05, 3.63) is 66.2 Å². The third-order valence-electron chi connectivity index (χ3n) is 5.81. The highest BCUT2D eigenvalue weighted by atomic mass is 16.7. The average Bonchev–Trinajstić information content (AvgIpc) is 3.35. The number of amides is 1. The van der Waals surface area contributed by atoms with E-state index in [1.165, 1.54) is 6.42 Å². The number of carbonyl (C=O) groups is 1. The molecule has 1 aliphatic heterocycles. The number of rotatable bonds is 5. The molecule has 0 atom stereocenters. The number of benzene rings is 2. The molecule has 7 nitrogen and oxygen atoms in total. The number of imidazole rings is 1. The Bertz CT molecular complexity index is 1080. The molecule has 1 N–H and O–H groups in total. The van der Waals surface area contributed by atoms with Crippen molar-refractivity contribution in [3.8, 4) is 17.2 Å². The number of hydrogen-bond donors (Lipinski definition) is 1. The van der Waals surface area contributed by atoms with E-state index in [0.29, 0.717) is 29.4 Å². The van der Waals surface area contributed by atoms with Crippen molar-refractivity contribution in [3.63, 3.8) is 0 Å². The van der Waals surface area contributed by atoms with Gasteiger partial charge in [-0.3, -0.25) is 4.79 Å². The molecule has 1 aromatic heterocycles. The summed E-state index contributed by atoms with van der Waals surface area (Å²) in [5, 5.41) is 2.93. The van der Waals surface area contributed by atoms with E-state index in [0.717, 1.165) is 37.3 Å². The minimum atomic E-state index is -0.520. The fourth-order valence-electron chi connectivity index (χ4n) is 4.06. The van der Waals surface area contributed by atoms with Crippen LogP contribution in [0.2, 0.25) is 0 Å². The lowest BCUT2D eigenvalue weighted by Gasteiger charge is -2.31. The van der Waals surface area contributed by atoms with Crippen LogP contribution in [0.15, 0.2) is 54.9 Å². The predicted molar refractivity (Wildman–Crippen MR) is 115 cm³/mol. The SMILES string of the molecule is Cn1ccnc1COc1ccc(C(=O)Nc2ccc3c(c2)OC2(CCCCC2)O3)cc1. The lowest BCUT2D eigenvalue weighted by atomic mass is 9.94. The number of nitrogens with zero attached hydrogens (tertiary/aromatic N) is 2. The van der Waals surface area contributed by atoms with E-state index >= 15 is 0 Å². The number of nitrogens with one attached hydrogen (secondary N) is 1. The Morgan fingerprint density at radius 2 is 1.87 bits per heavy atom. The number of fused-ring (bicyclic) bond motifs is 1. The van der Waals surface area contributed by atoms with Crippen LogP contribution in [-0.4, -0.2) is 21.2 Å². The van der Waals surface area contributed by atoms with Crippen molar-refractivity contribution in [1.29, 1.82) is 0 Å². The van der Waals surface area contributed by atoms with Gasteiger partial charge in [-0.25, -0.2) is 4.98 Å². The van der Waals surface area contributed by atoms with Crippen molar-refractivity contribution < 1.29 is 19.0 Å². The Morgan fingerprint density at radius 3 is 2.61 bits per heavy atom. The summed E-state index contributed by atoms with van der Waals surface area (Å²) < 4.78 is 19.9. The number of aromatic nitrogens is 2. The molecular formula is C24H25N3O4. The maximum atomic E-state index is 12.7. The zero-order valence-corrected chi connectivity index (χ0v) is 17.5. The van der Waals surface area contributed by atoms with Crippen molar-refractivity contribution in [2.24, 2.45) is 7.05 Å². The van der Waals surface area contributed by atoms with E-state index in [1.54, 1.807) is 30.5 Å². The Kier molecular flexibility index (Phi) is 5.02. The normalized spacial score (nSPS) is 16.3. The van der Waals surface area contributed by atoms with Crippen LogP contribution in [0.5, 0.6) is 17.2 Å². The molecule has 1 saturated carbocycles. The van der Waals surface area contributed by atoms with Gasteiger partial charge in [0.05, 0.1) is 0 Å². The Labute approximate surface area is 181 Å². The fourth-order valence-corrected chi connectivity index (χ4v) is 4.06. The van der Waals surface area contributed by atoms with Crippen molar-refractivity contribution in [1.82, 2.24) is 9.55 Å². The first kappa shape index (κ1) is 19.5. The fraction of sp³-hybridized carbons (Fsp3) is 0.333. The van der Waals surface area contributed by atoms with Gasteiger partial charge in [0.1, 0.15) is 18.2 Å². The first-order chi connectivity index (χ1) is 15.1. The number of aryl methyl sites for hydroxylation is 1. The summed E-state index contributed by atoms with van der Waals surface area (Å²) in [5.41, 5.74) is 1.22. The summed E-state index contributed by atoms with van der Waals surface area (Å²) in [7, 11) is 1.92. The predicted octanol–water partition coefficient (Wildman–Crippen LogP) is 4.68. The molecule has 31 heavy (non-hydrogen) atoms. The van der Waals surface area contributed by atoms with Crippen LogP contribution < -0.4 is 19.5 Å². The Balaban J connectivity index is 1.21. The Morgan fingerprint density at radius 1 is 1.10 bits per heavy atom. The molecule has 0 saturated heterocycles.